The van der Waals surface area contributed by atoms with Gasteiger partial charge >= 0.3 is 5.97 Å². The Morgan fingerprint density at radius 1 is 1.50 bits per heavy atom. The molecule has 1 aromatic heterocycles. The number of aromatic carboxylic acids is 1. The number of halogens is 1. The summed E-state index contributed by atoms with van der Waals surface area (Å²) in [6, 6.07) is 5.20. The molecule has 1 N–H and O–H groups in total. The smallest absolute Gasteiger partial charge is 0.341 e. The maximum absolute atomic E-state index is 11.2. The maximum Gasteiger partial charge on any atom is 0.341 e. The normalized spacial score (nSPS) is 10.4. The summed E-state index contributed by atoms with van der Waals surface area (Å²) in [5.41, 5.74) is 1.01. The van der Waals surface area contributed by atoms with Crippen LogP contribution in [0.1, 0.15) is 16.1 Å². The van der Waals surface area contributed by atoms with Crippen LogP contribution in [0.4, 0.5) is 0 Å². The average molecular weight is 312 g/mol. The van der Waals surface area contributed by atoms with Gasteiger partial charge in [0.1, 0.15) is 22.8 Å². The number of aryl methyl sites for hydroxylation is 1. The number of carboxylic acids is 1. The standard InChI is InChI=1S/C12H10BrNO4/c1-6-10(12(15)16)11(14-18-6)8-4-3-7(17-2)5-9(8)13/h3-5H,1-2H3,(H,15,16). The molecule has 0 fully saturated rings. The van der Waals surface area contributed by atoms with Gasteiger partial charge < -0.3 is 14.4 Å². The van der Waals surface area contributed by atoms with Crippen LogP contribution in [0.5, 0.6) is 5.75 Å². The SMILES string of the molecule is COc1ccc(-c2noc(C)c2C(=O)O)c(Br)c1. The lowest BCUT2D eigenvalue weighted by atomic mass is 10.1. The van der Waals surface area contributed by atoms with E-state index in [9.17, 15) is 4.79 Å². The van der Waals surface area contributed by atoms with Gasteiger partial charge in [0.05, 0.1) is 7.11 Å². The first-order chi connectivity index (χ1) is 8.54. The molecule has 2 aromatic rings. The third-order valence-corrected chi connectivity index (χ3v) is 3.16. The molecule has 0 unspecified atom stereocenters. The van der Waals surface area contributed by atoms with Crippen molar-refractivity contribution in [3.05, 3.63) is 34.0 Å². The third-order valence-electron chi connectivity index (χ3n) is 2.51. The number of ether oxygens (including phenoxy) is 1. The van der Waals surface area contributed by atoms with Crippen LogP contribution in [-0.4, -0.2) is 23.3 Å². The zero-order valence-electron chi connectivity index (χ0n) is 9.73. The van der Waals surface area contributed by atoms with Crippen molar-refractivity contribution in [2.45, 2.75) is 6.92 Å². The summed E-state index contributed by atoms with van der Waals surface area (Å²) in [6.07, 6.45) is 0. The highest BCUT2D eigenvalue weighted by atomic mass is 79.9. The average Bonchev–Trinajstić information content (AvgIpc) is 2.70. The summed E-state index contributed by atoms with van der Waals surface area (Å²) in [7, 11) is 1.56. The zero-order valence-corrected chi connectivity index (χ0v) is 11.3. The van der Waals surface area contributed by atoms with Crippen molar-refractivity contribution in [2.24, 2.45) is 0 Å². The van der Waals surface area contributed by atoms with E-state index in [2.05, 4.69) is 21.1 Å². The van der Waals surface area contributed by atoms with Crippen LogP contribution in [-0.2, 0) is 0 Å². The number of carboxylic acid groups (broad SMARTS) is 1. The molecule has 0 spiro atoms. The van der Waals surface area contributed by atoms with E-state index in [0.717, 1.165) is 0 Å². The van der Waals surface area contributed by atoms with Gasteiger partial charge in [0.15, 0.2) is 0 Å². The Morgan fingerprint density at radius 2 is 2.22 bits per heavy atom. The van der Waals surface area contributed by atoms with Crippen LogP contribution in [0.25, 0.3) is 11.3 Å². The minimum atomic E-state index is -1.06. The second-order valence-electron chi connectivity index (χ2n) is 3.61. The highest BCUT2D eigenvalue weighted by Gasteiger charge is 2.22. The fourth-order valence-electron chi connectivity index (χ4n) is 1.62. The second kappa shape index (κ2) is 4.81. The Balaban J connectivity index is 2.59. The van der Waals surface area contributed by atoms with Gasteiger partial charge in [0.25, 0.3) is 0 Å². The Kier molecular flexibility index (Phi) is 3.38. The largest absolute Gasteiger partial charge is 0.497 e. The van der Waals surface area contributed by atoms with Crippen molar-refractivity contribution < 1.29 is 19.2 Å². The number of hydrogen-bond acceptors (Lipinski definition) is 4. The fraction of sp³-hybridized carbons (Fsp3) is 0.167. The molecular formula is C12H10BrNO4. The minimum absolute atomic E-state index is 0.0702. The Morgan fingerprint density at radius 3 is 2.78 bits per heavy atom. The molecular weight excluding hydrogens is 302 g/mol. The van der Waals surface area contributed by atoms with E-state index in [-0.39, 0.29) is 11.3 Å². The molecule has 1 heterocycles. The van der Waals surface area contributed by atoms with Crippen molar-refractivity contribution in [2.75, 3.05) is 7.11 Å². The van der Waals surface area contributed by atoms with Crippen molar-refractivity contribution in [3.8, 4) is 17.0 Å². The third kappa shape index (κ3) is 2.11. The van der Waals surface area contributed by atoms with E-state index in [0.29, 0.717) is 21.5 Å². The summed E-state index contributed by atoms with van der Waals surface area (Å²) in [5.74, 6) is -0.116. The predicted octanol–water partition coefficient (Wildman–Crippen LogP) is 3.12. The summed E-state index contributed by atoms with van der Waals surface area (Å²) in [6.45, 7) is 1.57. The van der Waals surface area contributed by atoms with Gasteiger partial charge in [-0.1, -0.05) is 5.16 Å². The molecule has 0 aliphatic heterocycles. The van der Waals surface area contributed by atoms with Gasteiger partial charge in [-0.25, -0.2) is 4.79 Å². The quantitative estimate of drug-likeness (QED) is 0.942. The first-order valence-electron chi connectivity index (χ1n) is 5.08. The second-order valence-corrected chi connectivity index (χ2v) is 4.47. The number of aromatic nitrogens is 1. The molecule has 0 bridgehead atoms. The van der Waals surface area contributed by atoms with Gasteiger partial charge in [0, 0.05) is 10.0 Å². The number of carbonyl (C=O) groups is 1. The first kappa shape index (κ1) is 12.6. The van der Waals surface area contributed by atoms with E-state index in [4.69, 9.17) is 14.4 Å². The first-order valence-corrected chi connectivity index (χ1v) is 5.87. The summed E-state index contributed by atoms with van der Waals surface area (Å²) in [4.78, 5) is 11.2. The van der Waals surface area contributed by atoms with E-state index in [1.54, 1.807) is 32.2 Å². The molecule has 6 heteroatoms. The van der Waals surface area contributed by atoms with Crippen molar-refractivity contribution in [1.29, 1.82) is 0 Å². The highest BCUT2D eigenvalue weighted by Crippen LogP contribution is 2.33. The van der Waals surface area contributed by atoms with Crippen molar-refractivity contribution >= 4 is 21.9 Å². The predicted molar refractivity (Wildman–Crippen MR) is 67.9 cm³/mol. The maximum atomic E-state index is 11.2. The van der Waals surface area contributed by atoms with Gasteiger partial charge in [-0.15, -0.1) is 0 Å². The van der Waals surface area contributed by atoms with E-state index >= 15 is 0 Å². The molecule has 18 heavy (non-hydrogen) atoms. The topological polar surface area (TPSA) is 72.6 Å². The number of nitrogens with zero attached hydrogens (tertiary/aromatic N) is 1. The number of methoxy groups -OCH3 is 1. The Labute approximate surface area is 111 Å². The minimum Gasteiger partial charge on any atom is -0.497 e. The number of hydrogen-bond donors (Lipinski definition) is 1. The van der Waals surface area contributed by atoms with Crippen molar-refractivity contribution in [1.82, 2.24) is 5.16 Å². The van der Waals surface area contributed by atoms with Crippen LogP contribution in [0.3, 0.4) is 0 Å². The molecule has 1 aromatic carbocycles. The molecule has 0 saturated carbocycles. The summed E-state index contributed by atoms with van der Waals surface area (Å²) < 4.78 is 10.7. The van der Waals surface area contributed by atoms with Gasteiger partial charge in [-0.05, 0) is 41.1 Å². The summed E-state index contributed by atoms with van der Waals surface area (Å²) in [5, 5.41) is 12.9. The molecule has 0 aliphatic carbocycles. The fourth-order valence-corrected chi connectivity index (χ4v) is 2.17. The van der Waals surface area contributed by atoms with Crippen LogP contribution in [0.2, 0.25) is 0 Å². The van der Waals surface area contributed by atoms with Gasteiger partial charge in [-0.2, -0.15) is 0 Å². The van der Waals surface area contributed by atoms with Crippen LogP contribution < -0.4 is 4.74 Å². The van der Waals surface area contributed by atoms with E-state index < -0.39 is 5.97 Å². The molecule has 0 radical (unpaired) electrons. The van der Waals surface area contributed by atoms with Gasteiger partial charge in [0.2, 0.25) is 0 Å². The lowest BCUT2D eigenvalue weighted by Crippen LogP contribution is -1.99. The van der Waals surface area contributed by atoms with Crippen molar-refractivity contribution in [3.63, 3.8) is 0 Å². The van der Waals surface area contributed by atoms with Crippen LogP contribution in [0, 0.1) is 6.92 Å². The van der Waals surface area contributed by atoms with Gasteiger partial charge in [-0.3, -0.25) is 0 Å². The molecule has 0 amide bonds. The van der Waals surface area contributed by atoms with E-state index in [1.165, 1.54) is 0 Å². The monoisotopic (exact) mass is 311 g/mol. The molecule has 0 aliphatic rings. The lowest BCUT2D eigenvalue weighted by Gasteiger charge is -2.05. The molecule has 0 saturated heterocycles. The Hall–Kier alpha value is -1.82. The Bertz CT molecular complexity index is 606. The number of rotatable bonds is 3. The van der Waals surface area contributed by atoms with E-state index in [1.807, 2.05) is 0 Å². The number of benzene rings is 1. The molecule has 5 nitrogen and oxygen atoms in total. The zero-order chi connectivity index (χ0) is 13.3. The molecule has 94 valence electrons. The molecule has 0 atom stereocenters. The highest BCUT2D eigenvalue weighted by molar-refractivity contribution is 9.10. The van der Waals surface area contributed by atoms with Crippen LogP contribution >= 0.6 is 15.9 Å². The lowest BCUT2D eigenvalue weighted by molar-refractivity contribution is 0.0696. The molecule has 2 rings (SSSR count). The summed E-state index contributed by atoms with van der Waals surface area (Å²) >= 11 is 3.36. The van der Waals surface area contributed by atoms with Crippen LogP contribution in [0.15, 0.2) is 27.2 Å².